The highest BCUT2D eigenvalue weighted by Gasteiger charge is 2.13. The van der Waals surface area contributed by atoms with E-state index >= 15 is 0 Å². The van der Waals surface area contributed by atoms with Crippen molar-refractivity contribution in [3.8, 4) is 0 Å². The van der Waals surface area contributed by atoms with Crippen LogP contribution in [0.25, 0.3) is 0 Å². The SMILES string of the molecule is CC1=CN(C)CC1=O. The number of carbonyl (C=O) groups excluding carboxylic acids is 1. The highest BCUT2D eigenvalue weighted by atomic mass is 16.1. The van der Waals surface area contributed by atoms with Crippen molar-refractivity contribution in [3.63, 3.8) is 0 Å². The molecule has 0 aromatic carbocycles. The summed E-state index contributed by atoms with van der Waals surface area (Å²) in [6, 6.07) is 0. The van der Waals surface area contributed by atoms with Crippen LogP contribution in [0.15, 0.2) is 11.8 Å². The quantitative estimate of drug-likeness (QED) is 0.451. The van der Waals surface area contributed by atoms with Crippen LogP contribution in [0.3, 0.4) is 0 Å². The molecular formula is C6H9NO. The number of rotatable bonds is 0. The molecule has 0 aromatic heterocycles. The molecule has 8 heavy (non-hydrogen) atoms. The van der Waals surface area contributed by atoms with E-state index in [2.05, 4.69) is 0 Å². The normalized spacial score (nSPS) is 19.5. The lowest BCUT2D eigenvalue weighted by Gasteiger charge is -2.01. The van der Waals surface area contributed by atoms with Crippen molar-refractivity contribution in [3.05, 3.63) is 11.8 Å². The number of hydrogen-bond acceptors (Lipinski definition) is 2. The fourth-order valence-electron chi connectivity index (χ4n) is 0.799. The van der Waals surface area contributed by atoms with Gasteiger partial charge in [-0.25, -0.2) is 0 Å². The molecule has 0 aliphatic carbocycles. The Morgan fingerprint density at radius 1 is 1.75 bits per heavy atom. The minimum atomic E-state index is 0.243. The van der Waals surface area contributed by atoms with Crippen LogP contribution in [0.2, 0.25) is 0 Å². The van der Waals surface area contributed by atoms with Crippen molar-refractivity contribution >= 4 is 5.78 Å². The van der Waals surface area contributed by atoms with Gasteiger partial charge in [0.25, 0.3) is 0 Å². The second-order valence-electron chi connectivity index (χ2n) is 2.15. The molecule has 0 fully saturated rings. The van der Waals surface area contributed by atoms with E-state index in [0.29, 0.717) is 6.54 Å². The summed E-state index contributed by atoms with van der Waals surface area (Å²) in [6.07, 6.45) is 1.86. The lowest BCUT2D eigenvalue weighted by molar-refractivity contribution is -0.114. The van der Waals surface area contributed by atoms with Crippen LogP contribution in [0.5, 0.6) is 0 Å². The molecule has 1 aliphatic heterocycles. The van der Waals surface area contributed by atoms with Gasteiger partial charge in [0.05, 0.1) is 6.54 Å². The fraction of sp³-hybridized carbons (Fsp3) is 0.500. The Balaban J connectivity index is 2.73. The third kappa shape index (κ3) is 0.735. The molecule has 0 atom stereocenters. The monoisotopic (exact) mass is 111 g/mol. The average molecular weight is 111 g/mol. The van der Waals surface area contributed by atoms with Crippen molar-refractivity contribution in [1.82, 2.24) is 4.90 Å². The molecule has 0 N–H and O–H groups in total. The number of Topliss-reactive ketones (excluding diaryl/α,β-unsaturated/α-hetero) is 1. The first-order valence-corrected chi connectivity index (χ1v) is 2.62. The molecule has 0 spiro atoms. The molecule has 2 heteroatoms. The minimum absolute atomic E-state index is 0.243. The highest BCUT2D eigenvalue weighted by Crippen LogP contribution is 2.05. The molecule has 0 radical (unpaired) electrons. The summed E-state index contributed by atoms with van der Waals surface area (Å²) < 4.78 is 0. The van der Waals surface area contributed by atoms with E-state index in [9.17, 15) is 4.79 Å². The molecule has 1 aliphatic rings. The minimum Gasteiger partial charge on any atom is -0.372 e. The molecule has 0 saturated carbocycles. The van der Waals surface area contributed by atoms with E-state index < -0.39 is 0 Å². The van der Waals surface area contributed by atoms with Gasteiger partial charge in [0, 0.05) is 18.8 Å². The molecule has 0 amide bonds. The fourth-order valence-corrected chi connectivity index (χ4v) is 0.799. The number of nitrogens with zero attached hydrogens (tertiary/aromatic N) is 1. The summed E-state index contributed by atoms with van der Waals surface area (Å²) in [4.78, 5) is 12.6. The number of likely N-dealkylation sites (N-methyl/N-ethyl adjacent to an activating group) is 1. The van der Waals surface area contributed by atoms with Crippen molar-refractivity contribution < 1.29 is 4.79 Å². The van der Waals surface area contributed by atoms with Crippen LogP contribution in [-0.4, -0.2) is 24.3 Å². The Bertz CT molecular complexity index is 149. The van der Waals surface area contributed by atoms with Gasteiger partial charge in [0.2, 0.25) is 0 Å². The summed E-state index contributed by atoms with van der Waals surface area (Å²) in [5.41, 5.74) is 0.868. The first kappa shape index (κ1) is 5.35. The van der Waals surface area contributed by atoms with Gasteiger partial charge in [-0.05, 0) is 6.92 Å². The van der Waals surface area contributed by atoms with E-state index in [1.54, 1.807) is 0 Å². The maximum Gasteiger partial charge on any atom is 0.179 e. The zero-order valence-corrected chi connectivity index (χ0v) is 5.14. The van der Waals surface area contributed by atoms with Crippen LogP contribution in [0, 0.1) is 0 Å². The van der Waals surface area contributed by atoms with Crippen LogP contribution in [-0.2, 0) is 4.79 Å². The van der Waals surface area contributed by atoms with Crippen molar-refractivity contribution in [2.75, 3.05) is 13.6 Å². The second-order valence-corrected chi connectivity index (χ2v) is 2.15. The second kappa shape index (κ2) is 1.62. The molecule has 2 nitrogen and oxygen atoms in total. The third-order valence-corrected chi connectivity index (χ3v) is 1.25. The maximum absolute atomic E-state index is 10.7. The van der Waals surface area contributed by atoms with Gasteiger partial charge in [-0.1, -0.05) is 0 Å². The Kier molecular flexibility index (Phi) is 1.08. The van der Waals surface area contributed by atoms with Gasteiger partial charge in [-0.2, -0.15) is 0 Å². The zero-order valence-electron chi connectivity index (χ0n) is 5.14. The molecule has 0 aromatic rings. The first-order chi connectivity index (χ1) is 3.70. The molecule has 1 rings (SSSR count). The van der Waals surface area contributed by atoms with Gasteiger partial charge < -0.3 is 4.90 Å². The topological polar surface area (TPSA) is 20.3 Å². The van der Waals surface area contributed by atoms with Crippen LogP contribution < -0.4 is 0 Å². The van der Waals surface area contributed by atoms with E-state index in [-0.39, 0.29) is 5.78 Å². The van der Waals surface area contributed by atoms with E-state index in [0.717, 1.165) is 5.57 Å². The Hall–Kier alpha value is -0.790. The number of hydrogen-bond donors (Lipinski definition) is 0. The zero-order chi connectivity index (χ0) is 6.15. The third-order valence-electron chi connectivity index (χ3n) is 1.25. The van der Waals surface area contributed by atoms with Crippen molar-refractivity contribution in [2.24, 2.45) is 0 Å². The van der Waals surface area contributed by atoms with Gasteiger partial charge in [0.15, 0.2) is 5.78 Å². The lowest BCUT2D eigenvalue weighted by atomic mass is 10.3. The predicted molar refractivity (Wildman–Crippen MR) is 31.4 cm³/mol. The average Bonchev–Trinajstić information content (AvgIpc) is 1.85. The summed E-state index contributed by atoms with van der Waals surface area (Å²) >= 11 is 0. The predicted octanol–water partition coefficient (Wildman–Crippen LogP) is 0.405. The smallest absolute Gasteiger partial charge is 0.179 e. The number of carbonyl (C=O) groups is 1. The Labute approximate surface area is 48.8 Å². The van der Waals surface area contributed by atoms with Gasteiger partial charge >= 0.3 is 0 Å². The Morgan fingerprint density at radius 2 is 2.38 bits per heavy atom. The Morgan fingerprint density at radius 3 is 2.50 bits per heavy atom. The van der Waals surface area contributed by atoms with E-state index in [1.807, 2.05) is 25.1 Å². The van der Waals surface area contributed by atoms with Gasteiger partial charge in [-0.3, -0.25) is 4.79 Å². The molecule has 0 saturated heterocycles. The molecular weight excluding hydrogens is 102 g/mol. The summed E-state index contributed by atoms with van der Waals surface area (Å²) in [6.45, 7) is 2.40. The van der Waals surface area contributed by atoms with Crippen LogP contribution in [0.1, 0.15) is 6.92 Å². The molecule has 0 unspecified atom stereocenters. The van der Waals surface area contributed by atoms with Crippen LogP contribution in [0.4, 0.5) is 0 Å². The van der Waals surface area contributed by atoms with Crippen LogP contribution >= 0.6 is 0 Å². The lowest BCUT2D eigenvalue weighted by Crippen LogP contribution is -2.11. The van der Waals surface area contributed by atoms with E-state index in [4.69, 9.17) is 0 Å². The van der Waals surface area contributed by atoms with Gasteiger partial charge in [0.1, 0.15) is 0 Å². The molecule has 0 bridgehead atoms. The largest absolute Gasteiger partial charge is 0.372 e. The maximum atomic E-state index is 10.7. The standard InChI is InChI=1S/C6H9NO/c1-5-3-7(2)4-6(5)8/h3H,4H2,1-2H3. The summed E-state index contributed by atoms with van der Waals surface area (Å²) in [5, 5.41) is 0. The summed E-state index contributed by atoms with van der Waals surface area (Å²) in [5.74, 6) is 0.243. The van der Waals surface area contributed by atoms with Crippen molar-refractivity contribution in [2.45, 2.75) is 6.92 Å². The number of ketones is 1. The molecule has 1 heterocycles. The van der Waals surface area contributed by atoms with Crippen molar-refractivity contribution in [1.29, 1.82) is 0 Å². The first-order valence-electron chi connectivity index (χ1n) is 2.62. The van der Waals surface area contributed by atoms with E-state index in [1.165, 1.54) is 0 Å². The highest BCUT2D eigenvalue weighted by molar-refractivity contribution is 5.98. The molecule has 44 valence electrons. The summed E-state index contributed by atoms with van der Waals surface area (Å²) in [7, 11) is 1.90. The van der Waals surface area contributed by atoms with Gasteiger partial charge in [-0.15, -0.1) is 0 Å².